The van der Waals surface area contributed by atoms with E-state index in [9.17, 15) is 14.4 Å². The van der Waals surface area contributed by atoms with E-state index < -0.39 is 5.60 Å². The average Bonchev–Trinajstić information content (AvgIpc) is 2.70. The van der Waals surface area contributed by atoms with Gasteiger partial charge in [-0.15, -0.1) is 0 Å². The lowest BCUT2D eigenvalue weighted by Gasteiger charge is -2.31. The van der Waals surface area contributed by atoms with Crippen molar-refractivity contribution in [2.75, 3.05) is 13.1 Å². The van der Waals surface area contributed by atoms with Gasteiger partial charge in [-0.2, -0.15) is 0 Å². The van der Waals surface area contributed by atoms with E-state index in [1.165, 1.54) is 22.3 Å². The van der Waals surface area contributed by atoms with Gasteiger partial charge in [0.05, 0.1) is 6.54 Å². The van der Waals surface area contributed by atoms with E-state index in [1.54, 1.807) is 11.1 Å². The van der Waals surface area contributed by atoms with Crippen molar-refractivity contribution in [2.45, 2.75) is 45.8 Å². The van der Waals surface area contributed by atoms with Crippen LogP contribution in [0.4, 0.5) is 4.79 Å². The molecule has 1 aliphatic heterocycles. The number of aromatic nitrogens is 1. The van der Waals surface area contributed by atoms with Crippen molar-refractivity contribution in [3.8, 4) is 0 Å². The zero-order valence-corrected chi connectivity index (χ0v) is 17.8. The Morgan fingerprint density at radius 2 is 1.67 bits per heavy atom. The van der Waals surface area contributed by atoms with E-state index in [1.807, 2.05) is 45.0 Å². The number of carbonyl (C=O) groups is 2. The molecule has 0 atom stereocenters. The lowest BCUT2D eigenvalue weighted by molar-refractivity contribution is 0.0237. The first-order valence-corrected chi connectivity index (χ1v) is 10.2. The van der Waals surface area contributed by atoms with E-state index in [4.69, 9.17) is 4.74 Å². The highest BCUT2D eigenvalue weighted by molar-refractivity contribution is 5.73. The molecule has 0 N–H and O–H groups in total. The number of hydrogen-bond acceptors (Lipinski definition) is 4. The van der Waals surface area contributed by atoms with Gasteiger partial charge in [0.1, 0.15) is 5.60 Å². The molecule has 1 amide bonds. The molecule has 1 saturated heterocycles. The molecule has 1 fully saturated rings. The lowest BCUT2D eigenvalue weighted by Crippen LogP contribution is -2.40. The molecule has 3 rings (SSSR count). The first kappa shape index (κ1) is 21.6. The van der Waals surface area contributed by atoms with Gasteiger partial charge in [0.15, 0.2) is 6.29 Å². The van der Waals surface area contributed by atoms with Crippen molar-refractivity contribution in [1.29, 1.82) is 0 Å². The molecule has 0 spiro atoms. The summed E-state index contributed by atoms with van der Waals surface area (Å²) in [6.07, 6.45) is 5.88. The topological polar surface area (TPSA) is 68.6 Å². The Bertz CT molecular complexity index is 987. The van der Waals surface area contributed by atoms with Crippen LogP contribution in [0.1, 0.15) is 55.1 Å². The summed E-state index contributed by atoms with van der Waals surface area (Å²) in [5, 5.41) is 0. The fourth-order valence-electron chi connectivity index (χ4n) is 3.34. The van der Waals surface area contributed by atoms with Crippen LogP contribution in [0.25, 0.3) is 6.08 Å². The molecule has 1 aromatic carbocycles. The highest BCUT2D eigenvalue weighted by atomic mass is 16.6. The molecule has 6 heteroatoms. The summed E-state index contributed by atoms with van der Waals surface area (Å²) in [7, 11) is 0. The summed E-state index contributed by atoms with van der Waals surface area (Å²) in [5.41, 5.74) is 3.25. The summed E-state index contributed by atoms with van der Waals surface area (Å²) < 4.78 is 6.97. The number of hydrogen-bond donors (Lipinski definition) is 0. The van der Waals surface area contributed by atoms with Crippen molar-refractivity contribution in [3.05, 3.63) is 75.2 Å². The molecule has 0 unspecified atom stereocenters. The predicted molar refractivity (Wildman–Crippen MR) is 117 cm³/mol. The van der Waals surface area contributed by atoms with Crippen LogP contribution < -0.4 is 5.56 Å². The van der Waals surface area contributed by atoms with Crippen molar-refractivity contribution in [1.82, 2.24) is 9.47 Å². The van der Waals surface area contributed by atoms with Crippen molar-refractivity contribution < 1.29 is 14.3 Å². The van der Waals surface area contributed by atoms with Gasteiger partial charge in [-0.25, -0.2) is 4.79 Å². The highest BCUT2D eigenvalue weighted by Gasteiger charge is 2.24. The first-order chi connectivity index (χ1) is 14.2. The Labute approximate surface area is 176 Å². The molecule has 1 aliphatic rings. The fourth-order valence-corrected chi connectivity index (χ4v) is 3.34. The van der Waals surface area contributed by atoms with Gasteiger partial charge in [-0.3, -0.25) is 9.59 Å². The van der Waals surface area contributed by atoms with E-state index in [0.717, 1.165) is 30.3 Å². The van der Waals surface area contributed by atoms with Crippen LogP contribution in [-0.4, -0.2) is 40.5 Å². The minimum atomic E-state index is -0.478. The maximum absolute atomic E-state index is 12.2. The number of nitrogens with zero attached hydrogens (tertiary/aromatic N) is 2. The maximum Gasteiger partial charge on any atom is 0.410 e. The molecular weight excluding hydrogens is 380 g/mol. The van der Waals surface area contributed by atoms with Crippen molar-refractivity contribution >= 4 is 18.5 Å². The molecule has 2 aromatic rings. The quantitative estimate of drug-likeness (QED) is 0.714. The molecule has 0 aliphatic carbocycles. The van der Waals surface area contributed by atoms with Gasteiger partial charge in [-0.1, -0.05) is 35.9 Å². The average molecular weight is 408 g/mol. The molecule has 2 heterocycles. The van der Waals surface area contributed by atoms with Crippen LogP contribution in [0.15, 0.2) is 53.0 Å². The standard InChI is InChI=1S/C24H28N2O4/c1-24(2,3)30-23(29)25-12-10-19(11-13-25)14-18-4-6-20(7-5-18)15-26-16-21(17-27)8-9-22(26)28/h4-9,14,16-17H,10-13,15H2,1-3H3. The van der Waals surface area contributed by atoms with Crippen LogP contribution in [0, 0.1) is 0 Å². The summed E-state index contributed by atoms with van der Waals surface area (Å²) >= 11 is 0. The number of amides is 1. The molecule has 158 valence electrons. The predicted octanol–water partition coefficient (Wildman–Crippen LogP) is 4.12. The van der Waals surface area contributed by atoms with E-state index >= 15 is 0 Å². The number of piperidine rings is 1. The van der Waals surface area contributed by atoms with Crippen molar-refractivity contribution in [3.63, 3.8) is 0 Å². The Kier molecular flexibility index (Phi) is 6.55. The second-order valence-corrected chi connectivity index (χ2v) is 8.56. The normalized spacial score (nSPS) is 14.4. The number of carbonyl (C=O) groups excluding carboxylic acids is 2. The van der Waals surface area contributed by atoms with Gasteiger partial charge in [0, 0.05) is 30.9 Å². The third kappa shape index (κ3) is 5.92. The lowest BCUT2D eigenvalue weighted by atomic mass is 10.0. The Morgan fingerprint density at radius 1 is 1.03 bits per heavy atom. The number of pyridine rings is 1. The second kappa shape index (κ2) is 9.11. The first-order valence-electron chi connectivity index (χ1n) is 10.2. The zero-order valence-electron chi connectivity index (χ0n) is 17.8. The minimum Gasteiger partial charge on any atom is -0.444 e. The molecule has 1 aromatic heterocycles. The van der Waals surface area contributed by atoms with Crippen LogP contribution in [0.2, 0.25) is 0 Å². The minimum absolute atomic E-state index is 0.136. The number of aldehydes is 1. The third-order valence-electron chi connectivity index (χ3n) is 4.90. The molecular formula is C24H28N2O4. The number of rotatable bonds is 4. The van der Waals surface area contributed by atoms with Crippen molar-refractivity contribution in [2.24, 2.45) is 0 Å². The maximum atomic E-state index is 12.2. The highest BCUT2D eigenvalue weighted by Crippen LogP contribution is 2.21. The molecule has 0 radical (unpaired) electrons. The molecule has 6 nitrogen and oxygen atoms in total. The SMILES string of the molecule is CC(C)(C)OC(=O)N1CCC(=Cc2ccc(Cn3cc(C=O)ccc3=O)cc2)CC1. The Morgan fingerprint density at radius 3 is 2.27 bits per heavy atom. The fraction of sp³-hybridized carbons (Fsp3) is 0.375. The molecule has 30 heavy (non-hydrogen) atoms. The van der Waals surface area contributed by atoms with Gasteiger partial charge >= 0.3 is 6.09 Å². The monoisotopic (exact) mass is 408 g/mol. The second-order valence-electron chi connectivity index (χ2n) is 8.56. The summed E-state index contributed by atoms with van der Waals surface area (Å²) in [5.74, 6) is 0. The van der Waals surface area contributed by atoms with Gasteiger partial charge in [0.2, 0.25) is 0 Å². The molecule has 0 bridgehead atoms. The van der Waals surface area contributed by atoms with Crippen LogP contribution >= 0.6 is 0 Å². The number of ether oxygens (including phenoxy) is 1. The Hall–Kier alpha value is -3.15. The van der Waals surface area contributed by atoms with Gasteiger partial charge < -0.3 is 14.2 Å². The Balaban J connectivity index is 1.60. The number of benzene rings is 1. The van der Waals surface area contributed by atoms with Crippen LogP contribution in [0.3, 0.4) is 0 Å². The summed E-state index contributed by atoms with van der Waals surface area (Å²) in [6, 6.07) is 11.0. The smallest absolute Gasteiger partial charge is 0.410 e. The summed E-state index contributed by atoms with van der Waals surface area (Å²) in [4.78, 5) is 36.8. The third-order valence-corrected chi connectivity index (χ3v) is 4.90. The number of likely N-dealkylation sites (tertiary alicyclic amines) is 1. The zero-order chi connectivity index (χ0) is 21.7. The van der Waals surface area contributed by atoms with Crippen LogP contribution in [0.5, 0.6) is 0 Å². The van der Waals surface area contributed by atoms with E-state index in [-0.39, 0.29) is 11.7 Å². The largest absolute Gasteiger partial charge is 0.444 e. The molecule has 0 saturated carbocycles. The van der Waals surface area contributed by atoms with Crippen LogP contribution in [-0.2, 0) is 11.3 Å². The van der Waals surface area contributed by atoms with Gasteiger partial charge in [-0.05, 0) is 50.8 Å². The van der Waals surface area contributed by atoms with E-state index in [0.29, 0.717) is 25.2 Å². The summed E-state index contributed by atoms with van der Waals surface area (Å²) in [6.45, 7) is 7.36. The van der Waals surface area contributed by atoms with E-state index in [2.05, 4.69) is 6.08 Å². The van der Waals surface area contributed by atoms with Gasteiger partial charge in [0.25, 0.3) is 5.56 Å².